The van der Waals surface area contributed by atoms with Gasteiger partial charge in [-0.05, 0) is 18.2 Å². The molecule has 0 spiro atoms. The number of hydrogen-bond donors (Lipinski definition) is 1. The van der Waals surface area contributed by atoms with Gasteiger partial charge in [-0.1, -0.05) is 35.9 Å². The van der Waals surface area contributed by atoms with Gasteiger partial charge in [-0.25, -0.2) is 4.98 Å². The van der Waals surface area contributed by atoms with Gasteiger partial charge < -0.3 is 0 Å². The summed E-state index contributed by atoms with van der Waals surface area (Å²) in [6.45, 7) is 0. The van der Waals surface area contributed by atoms with Crippen molar-refractivity contribution in [2.24, 2.45) is 5.10 Å². The molecule has 3 nitrogen and oxygen atoms in total. The monoisotopic (exact) mass is 231 g/mol. The average molecular weight is 232 g/mol. The molecule has 1 N–H and O–H groups in total. The first-order valence-electron chi connectivity index (χ1n) is 4.81. The van der Waals surface area contributed by atoms with Crippen LogP contribution in [-0.2, 0) is 0 Å². The van der Waals surface area contributed by atoms with Gasteiger partial charge in [0.25, 0.3) is 0 Å². The lowest BCUT2D eigenvalue weighted by Crippen LogP contribution is -1.92. The zero-order valence-corrected chi connectivity index (χ0v) is 9.22. The Kier molecular flexibility index (Phi) is 3.51. The summed E-state index contributed by atoms with van der Waals surface area (Å²) in [4.78, 5) is 4.07. The van der Waals surface area contributed by atoms with Gasteiger partial charge in [0, 0.05) is 16.8 Å². The number of rotatable bonds is 3. The number of hydrazone groups is 1. The predicted octanol–water partition coefficient (Wildman–Crippen LogP) is 3.18. The number of anilines is 1. The third-order valence-corrected chi connectivity index (χ3v) is 2.30. The first kappa shape index (κ1) is 10.6. The highest BCUT2D eigenvalue weighted by atomic mass is 35.5. The highest BCUT2D eigenvalue weighted by Crippen LogP contribution is 2.12. The predicted molar refractivity (Wildman–Crippen MR) is 66.9 cm³/mol. The Morgan fingerprint density at radius 2 is 1.94 bits per heavy atom. The van der Waals surface area contributed by atoms with Crippen molar-refractivity contribution >= 4 is 23.6 Å². The maximum absolute atomic E-state index is 5.97. The molecule has 1 aromatic heterocycles. The van der Waals surface area contributed by atoms with Crippen molar-refractivity contribution < 1.29 is 0 Å². The van der Waals surface area contributed by atoms with E-state index in [1.165, 1.54) is 0 Å². The van der Waals surface area contributed by atoms with E-state index in [9.17, 15) is 0 Å². The van der Waals surface area contributed by atoms with E-state index in [1.807, 2.05) is 42.5 Å². The number of aromatic nitrogens is 1. The molecule has 4 heteroatoms. The van der Waals surface area contributed by atoms with Crippen LogP contribution in [0.3, 0.4) is 0 Å². The van der Waals surface area contributed by atoms with Crippen LogP contribution >= 0.6 is 11.6 Å². The minimum Gasteiger partial charge on any atom is -0.261 e. The van der Waals surface area contributed by atoms with Crippen molar-refractivity contribution in [3.63, 3.8) is 0 Å². The largest absolute Gasteiger partial charge is 0.261 e. The van der Waals surface area contributed by atoms with Gasteiger partial charge in [0.15, 0.2) is 0 Å². The smallest absolute Gasteiger partial charge is 0.146 e. The van der Waals surface area contributed by atoms with Crippen molar-refractivity contribution in [2.45, 2.75) is 0 Å². The number of hydrogen-bond acceptors (Lipinski definition) is 3. The lowest BCUT2D eigenvalue weighted by Gasteiger charge is -1.98. The van der Waals surface area contributed by atoms with Crippen molar-refractivity contribution in [2.75, 3.05) is 5.43 Å². The number of nitrogens with one attached hydrogen (secondary N) is 1. The van der Waals surface area contributed by atoms with Crippen molar-refractivity contribution in [3.05, 3.63) is 59.2 Å². The van der Waals surface area contributed by atoms with Gasteiger partial charge in [-0.3, -0.25) is 5.43 Å². The molecule has 0 saturated carbocycles. The van der Waals surface area contributed by atoms with E-state index in [2.05, 4.69) is 15.5 Å². The van der Waals surface area contributed by atoms with E-state index < -0.39 is 0 Å². The molecule has 2 aromatic rings. The normalized spacial score (nSPS) is 10.6. The molecule has 0 aliphatic heterocycles. The van der Waals surface area contributed by atoms with Gasteiger partial charge in [-0.2, -0.15) is 5.10 Å². The third kappa shape index (κ3) is 2.81. The van der Waals surface area contributed by atoms with E-state index in [1.54, 1.807) is 12.4 Å². The molecule has 0 radical (unpaired) electrons. The lowest BCUT2D eigenvalue weighted by atomic mass is 10.2. The molecule has 0 aliphatic carbocycles. The van der Waals surface area contributed by atoms with Crippen molar-refractivity contribution in [3.8, 4) is 0 Å². The standard InChI is InChI=1S/C12H10ClN3/c13-11-6-2-1-5-10(11)9-15-16-12-7-3-4-8-14-12/h1-9H,(H,14,16). The van der Waals surface area contributed by atoms with Crippen LogP contribution < -0.4 is 5.43 Å². The van der Waals surface area contributed by atoms with E-state index in [0.717, 1.165) is 5.56 Å². The van der Waals surface area contributed by atoms with Crippen LogP contribution in [0.5, 0.6) is 0 Å². The molecule has 1 heterocycles. The first-order chi connectivity index (χ1) is 7.86. The molecular formula is C12H10ClN3. The summed E-state index contributed by atoms with van der Waals surface area (Å²) in [5.41, 5.74) is 3.69. The molecule has 0 aliphatic rings. The Morgan fingerprint density at radius 3 is 2.69 bits per heavy atom. The highest BCUT2D eigenvalue weighted by molar-refractivity contribution is 6.33. The van der Waals surface area contributed by atoms with Crippen LogP contribution in [0.2, 0.25) is 5.02 Å². The molecule has 0 amide bonds. The summed E-state index contributed by atoms with van der Waals surface area (Å²) in [6, 6.07) is 13.1. The van der Waals surface area contributed by atoms with Crippen molar-refractivity contribution in [1.29, 1.82) is 0 Å². The molecule has 0 bridgehead atoms. The van der Waals surface area contributed by atoms with Gasteiger partial charge in [0.2, 0.25) is 0 Å². The second kappa shape index (κ2) is 5.28. The topological polar surface area (TPSA) is 37.3 Å². The van der Waals surface area contributed by atoms with Gasteiger partial charge in [-0.15, -0.1) is 0 Å². The summed E-state index contributed by atoms with van der Waals surface area (Å²) in [5, 5.41) is 4.73. The summed E-state index contributed by atoms with van der Waals surface area (Å²) in [5.74, 6) is 0.700. The Morgan fingerprint density at radius 1 is 1.12 bits per heavy atom. The Bertz CT molecular complexity index is 483. The summed E-state index contributed by atoms with van der Waals surface area (Å²) < 4.78 is 0. The molecular weight excluding hydrogens is 222 g/mol. The Hall–Kier alpha value is -1.87. The van der Waals surface area contributed by atoms with Gasteiger partial charge >= 0.3 is 0 Å². The van der Waals surface area contributed by atoms with Gasteiger partial charge in [0.05, 0.1) is 6.21 Å². The van der Waals surface area contributed by atoms with E-state index in [0.29, 0.717) is 10.8 Å². The average Bonchev–Trinajstić information content (AvgIpc) is 2.33. The molecule has 16 heavy (non-hydrogen) atoms. The lowest BCUT2D eigenvalue weighted by molar-refractivity contribution is 1.23. The minimum atomic E-state index is 0.675. The third-order valence-electron chi connectivity index (χ3n) is 1.95. The zero-order valence-electron chi connectivity index (χ0n) is 8.47. The Labute approximate surface area is 98.8 Å². The summed E-state index contributed by atoms with van der Waals surface area (Å²) in [7, 11) is 0. The first-order valence-corrected chi connectivity index (χ1v) is 5.19. The molecule has 0 atom stereocenters. The maximum Gasteiger partial charge on any atom is 0.146 e. The Balaban J connectivity index is 2.03. The van der Waals surface area contributed by atoms with E-state index >= 15 is 0 Å². The fourth-order valence-electron chi connectivity index (χ4n) is 1.18. The number of benzene rings is 1. The van der Waals surface area contributed by atoms with Crippen LogP contribution in [0.25, 0.3) is 0 Å². The second-order valence-corrected chi connectivity index (χ2v) is 3.51. The molecule has 1 aromatic carbocycles. The van der Waals surface area contributed by atoms with Gasteiger partial charge in [0.1, 0.15) is 5.82 Å². The fourth-order valence-corrected chi connectivity index (χ4v) is 1.36. The second-order valence-electron chi connectivity index (χ2n) is 3.11. The number of nitrogens with zero attached hydrogens (tertiary/aromatic N) is 2. The van der Waals surface area contributed by atoms with Crippen LogP contribution in [-0.4, -0.2) is 11.2 Å². The molecule has 2 rings (SSSR count). The van der Waals surface area contributed by atoms with Crippen LogP contribution in [0.15, 0.2) is 53.8 Å². The molecule has 0 saturated heterocycles. The van der Waals surface area contributed by atoms with Crippen molar-refractivity contribution in [1.82, 2.24) is 4.98 Å². The highest BCUT2D eigenvalue weighted by Gasteiger charge is 1.93. The van der Waals surface area contributed by atoms with Crippen LogP contribution in [0.1, 0.15) is 5.56 Å². The SMILES string of the molecule is Clc1ccccc1C=NNc1ccccn1. The zero-order chi connectivity index (χ0) is 11.2. The molecule has 80 valence electrons. The number of halogens is 1. The molecule has 0 unspecified atom stereocenters. The summed E-state index contributed by atoms with van der Waals surface area (Å²) >= 11 is 5.97. The maximum atomic E-state index is 5.97. The van der Waals surface area contributed by atoms with E-state index in [-0.39, 0.29) is 0 Å². The fraction of sp³-hybridized carbons (Fsp3) is 0. The number of pyridine rings is 1. The minimum absolute atomic E-state index is 0.675. The molecule has 0 fully saturated rings. The van der Waals surface area contributed by atoms with Crippen LogP contribution in [0.4, 0.5) is 5.82 Å². The summed E-state index contributed by atoms with van der Waals surface area (Å²) in [6.07, 6.45) is 3.37. The quantitative estimate of drug-likeness (QED) is 0.651. The van der Waals surface area contributed by atoms with E-state index in [4.69, 9.17) is 11.6 Å². The van der Waals surface area contributed by atoms with Crippen LogP contribution in [0, 0.1) is 0 Å².